The van der Waals surface area contributed by atoms with E-state index in [1.807, 2.05) is 24.3 Å². The maximum Gasteiger partial charge on any atom is 0.356 e. The fourth-order valence-corrected chi connectivity index (χ4v) is 1.74. The molecule has 1 aromatic carbocycles. The number of ether oxygens (including phenoxy) is 1. The highest BCUT2D eigenvalue weighted by Crippen LogP contribution is 2.24. The molecule has 0 unspecified atom stereocenters. The fourth-order valence-electron chi connectivity index (χ4n) is 1.74. The van der Waals surface area contributed by atoms with Gasteiger partial charge < -0.3 is 9.84 Å². The Bertz CT molecular complexity index is 594. The van der Waals surface area contributed by atoms with Crippen molar-refractivity contribution in [1.29, 1.82) is 0 Å². The van der Waals surface area contributed by atoms with Crippen molar-refractivity contribution in [2.45, 2.75) is 32.9 Å². The van der Waals surface area contributed by atoms with Crippen molar-refractivity contribution in [2.75, 3.05) is 0 Å². The van der Waals surface area contributed by atoms with E-state index in [2.05, 4.69) is 25.9 Å². The maximum atomic E-state index is 10.7. The molecule has 0 amide bonds. The Labute approximate surface area is 117 Å². The number of hydrogen-bond donors (Lipinski definition) is 1. The number of carboxylic acid groups (broad SMARTS) is 1. The number of rotatable bonds is 4. The summed E-state index contributed by atoms with van der Waals surface area (Å²) in [5, 5.41) is 12.6. The average Bonchev–Trinajstić information content (AvgIpc) is 2.85. The van der Waals surface area contributed by atoms with E-state index in [0.29, 0.717) is 0 Å². The molecule has 0 saturated heterocycles. The van der Waals surface area contributed by atoms with E-state index in [0.717, 1.165) is 5.75 Å². The molecular formula is C15H18N2O3. The van der Waals surface area contributed by atoms with E-state index in [-0.39, 0.29) is 17.8 Å². The normalized spacial score (nSPS) is 11.3. The van der Waals surface area contributed by atoms with Crippen molar-refractivity contribution in [3.63, 3.8) is 0 Å². The summed E-state index contributed by atoms with van der Waals surface area (Å²) in [5.41, 5.74) is 1.35. The number of aromatic nitrogens is 2. The summed E-state index contributed by atoms with van der Waals surface area (Å²) < 4.78 is 7.01. The van der Waals surface area contributed by atoms with Gasteiger partial charge in [0.1, 0.15) is 5.75 Å². The zero-order valence-electron chi connectivity index (χ0n) is 11.8. The van der Waals surface area contributed by atoms with E-state index >= 15 is 0 Å². The molecule has 2 aromatic rings. The summed E-state index contributed by atoms with van der Waals surface area (Å²) in [7, 11) is 0. The Morgan fingerprint density at radius 1 is 1.25 bits per heavy atom. The molecule has 2 rings (SSSR count). The minimum Gasteiger partial charge on any atom is -0.476 e. The van der Waals surface area contributed by atoms with E-state index in [9.17, 15) is 4.79 Å². The maximum absolute atomic E-state index is 10.7. The summed E-state index contributed by atoms with van der Waals surface area (Å²) in [5.74, 6) is -0.316. The van der Waals surface area contributed by atoms with Crippen LogP contribution in [-0.2, 0) is 12.1 Å². The second kappa shape index (κ2) is 5.36. The first-order valence-corrected chi connectivity index (χ1v) is 6.36. The molecule has 0 aliphatic rings. The minimum atomic E-state index is -1.04. The van der Waals surface area contributed by atoms with Crippen LogP contribution in [0.5, 0.6) is 5.75 Å². The number of carbonyl (C=O) groups is 1. The first-order valence-electron chi connectivity index (χ1n) is 6.36. The third-order valence-electron chi connectivity index (χ3n) is 2.94. The van der Waals surface area contributed by atoms with Crippen LogP contribution in [0.3, 0.4) is 0 Å². The Balaban J connectivity index is 1.98. The van der Waals surface area contributed by atoms with Gasteiger partial charge in [-0.25, -0.2) is 9.48 Å². The Morgan fingerprint density at radius 2 is 1.90 bits per heavy atom. The van der Waals surface area contributed by atoms with Crippen LogP contribution in [0.25, 0.3) is 0 Å². The topological polar surface area (TPSA) is 64.3 Å². The number of aromatic carboxylic acids is 1. The van der Waals surface area contributed by atoms with Crippen LogP contribution in [0.1, 0.15) is 36.8 Å². The predicted molar refractivity (Wildman–Crippen MR) is 75.0 cm³/mol. The Kier molecular flexibility index (Phi) is 3.79. The molecule has 1 N–H and O–H groups in total. The molecule has 20 heavy (non-hydrogen) atoms. The highest BCUT2D eigenvalue weighted by molar-refractivity contribution is 5.84. The van der Waals surface area contributed by atoms with Gasteiger partial charge >= 0.3 is 5.97 Å². The Hall–Kier alpha value is -2.30. The van der Waals surface area contributed by atoms with Crippen molar-refractivity contribution in [3.05, 3.63) is 47.8 Å². The van der Waals surface area contributed by atoms with Gasteiger partial charge in [-0.05, 0) is 29.2 Å². The lowest BCUT2D eigenvalue weighted by Gasteiger charge is -2.19. The highest BCUT2D eigenvalue weighted by Gasteiger charge is 2.13. The Morgan fingerprint density at radius 3 is 2.40 bits per heavy atom. The number of nitrogens with zero attached hydrogens (tertiary/aromatic N) is 2. The van der Waals surface area contributed by atoms with Gasteiger partial charge in [0, 0.05) is 6.20 Å². The molecule has 0 spiro atoms. The zero-order chi connectivity index (χ0) is 14.8. The zero-order valence-corrected chi connectivity index (χ0v) is 11.8. The van der Waals surface area contributed by atoms with Crippen LogP contribution in [-0.4, -0.2) is 20.9 Å². The quantitative estimate of drug-likeness (QED) is 0.931. The number of benzene rings is 1. The van der Waals surface area contributed by atoms with Crippen LogP contribution in [0, 0.1) is 0 Å². The number of carboxylic acids is 1. The molecule has 1 heterocycles. The minimum absolute atomic E-state index is 0.0108. The largest absolute Gasteiger partial charge is 0.476 e. The lowest BCUT2D eigenvalue weighted by molar-refractivity contribution is 0.0688. The second-order valence-corrected chi connectivity index (χ2v) is 5.59. The summed E-state index contributed by atoms with van der Waals surface area (Å²) in [4.78, 5) is 10.7. The van der Waals surface area contributed by atoms with Crippen LogP contribution in [0.2, 0.25) is 0 Å². The molecule has 1 aromatic heterocycles. The molecule has 0 saturated carbocycles. The standard InChI is InChI=1S/C15H18N2O3/c1-15(2,3)11-4-6-12(7-5-11)20-10-17-9-8-13(16-17)14(18)19/h4-9H,10H2,1-3H3,(H,18,19). The number of hydrogen-bond acceptors (Lipinski definition) is 3. The smallest absolute Gasteiger partial charge is 0.356 e. The molecule has 0 aliphatic heterocycles. The van der Waals surface area contributed by atoms with E-state index in [1.165, 1.54) is 16.3 Å². The summed E-state index contributed by atoms with van der Waals surface area (Å²) in [6.07, 6.45) is 1.58. The third-order valence-corrected chi connectivity index (χ3v) is 2.94. The first-order chi connectivity index (χ1) is 9.36. The second-order valence-electron chi connectivity index (χ2n) is 5.59. The van der Waals surface area contributed by atoms with Gasteiger partial charge in [-0.15, -0.1) is 0 Å². The first kappa shape index (κ1) is 14.1. The van der Waals surface area contributed by atoms with Crippen molar-refractivity contribution in [1.82, 2.24) is 9.78 Å². The van der Waals surface area contributed by atoms with Gasteiger partial charge in [-0.2, -0.15) is 5.10 Å². The molecule has 0 atom stereocenters. The van der Waals surface area contributed by atoms with Gasteiger partial charge in [0.15, 0.2) is 12.4 Å². The van der Waals surface area contributed by atoms with E-state index in [4.69, 9.17) is 9.84 Å². The fraction of sp³-hybridized carbons (Fsp3) is 0.333. The van der Waals surface area contributed by atoms with Crippen molar-refractivity contribution < 1.29 is 14.6 Å². The molecule has 5 nitrogen and oxygen atoms in total. The van der Waals surface area contributed by atoms with E-state index in [1.54, 1.807) is 6.20 Å². The third kappa shape index (κ3) is 3.38. The average molecular weight is 274 g/mol. The van der Waals surface area contributed by atoms with Crippen molar-refractivity contribution in [2.24, 2.45) is 0 Å². The SMILES string of the molecule is CC(C)(C)c1ccc(OCn2ccc(C(=O)O)n2)cc1. The molecule has 0 fully saturated rings. The molecule has 0 aliphatic carbocycles. The van der Waals surface area contributed by atoms with Gasteiger partial charge in [0.25, 0.3) is 0 Å². The van der Waals surface area contributed by atoms with Gasteiger partial charge in [-0.3, -0.25) is 0 Å². The van der Waals surface area contributed by atoms with Crippen LogP contribution >= 0.6 is 0 Å². The van der Waals surface area contributed by atoms with Crippen LogP contribution in [0.15, 0.2) is 36.5 Å². The summed E-state index contributed by atoms with van der Waals surface area (Å²) >= 11 is 0. The predicted octanol–water partition coefficient (Wildman–Crippen LogP) is 2.92. The summed E-state index contributed by atoms with van der Waals surface area (Å²) in [6, 6.07) is 9.31. The van der Waals surface area contributed by atoms with Gasteiger partial charge in [0.05, 0.1) is 0 Å². The lowest BCUT2D eigenvalue weighted by Crippen LogP contribution is -2.11. The molecular weight excluding hydrogens is 256 g/mol. The molecule has 106 valence electrons. The molecule has 0 radical (unpaired) electrons. The van der Waals surface area contributed by atoms with Crippen molar-refractivity contribution in [3.8, 4) is 5.75 Å². The summed E-state index contributed by atoms with van der Waals surface area (Å²) in [6.45, 7) is 6.64. The highest BCUT2D eigenvalue weighted by atomic mass is 16.5. The monoisotopic (exact) mass is 274 g/mol. The van der Waals surface area contributed by atoms with Crippen molar-refractivity contribution >= 4 is 5.97 Å². The molecule has 0 bridgehead atoms. The molecule has 5 heteroatoms. The lowest BCUT2D eigenvalue weighted by atomic mass is 9.87. The van der Waals surface area contributed by atoms with Gasteiger partial charge in [0.2, 0.25) is 0 Å². The van der Waals surface area contributed by atoms with E-state index < -0.39 is 5.97 Å². The van der Waals surface area contributed by atoms with Crippen LogP contribution < -0.4 is 4.74 Å². The van der Waals surface area contributed by atoms with Crippen LogP contribution in [0.4, 0.5) is 0 Å². The van der Waals surface area contributed by atoms with Gasteiger partial charge in [-0.1, -0.05) is 32.9 Å².